The molecule has 0 bridgehead atoms. The molecular formula is C3H4Cl3NO3. The van der Waals surface area contributed by atoms with Gasteiger partial charge >= 0.3 is 0 Å². The van der Waals surface area contributed by atoms with Crippen molar-refractivity contribution in [3.8, 4) is 0 Å². The fourth-order valence-corrected chi connectivity index (χ4v) is 0.452. The van der Waals surface area contributed by atoms with Crippen LogP contribution in [0.4, 0.5) is 0 Å². The van der Waals surface area contributed by atoms with E-state index < -0.39 is 21.4 Å². The lowest BCUT2D eigenvalue weighted by atomic mass is 10.4. The summed E-state index contributed by atoms with van der Waals surface area (Å²) in [5.74, 6) is 0. The number of aliphatic hydroxyl groups excluding tert-OH is 1. The topological polar surface area (TPSA) is 63.4 Å². The Hall–Kier alpha value is 0.230. The summed E-state index contributed by atoms with van der Waals surface area (Å²) >= 11 is 15.3. The van der Waals surface area contributed by atoms with Gasteiger partial charge in [-0.15, -0.1) is 0 Å². The van der Waals surface area contributed by atoms with Gasteiger partial charge in [-0.3, -0.25) is 10.1 Å². The Bertz CT molecular complexity index is 133. The van der Waals surface area contributed by atoms with Crippen LogP contribution in [0.2, 0.25) is 0 Å². The minimum absolute atomic E-state index is 0.757. The number of alkyl halides is 3. The molecule has 0 amide bonds. The third-order valence-corrected chi connectivity index (χ3v) is 1.46. The molecule has 0 radical (unpaired) electrons. The van der Waals surface area contributed by atoms with Crippen LogP contribution in [0.15, 0.2) is 0 Å². The molecule has 0 heterocycles. The van der Waals surface area contributed by atoms with Crippen LogP contribution in [-0.4, -0.2) is 26.5 Å². The summed E-state index contributed by atoms with van der Waals surface area (Å²) in [5, 5.41) is 18.4. The standard InChI is InChI=1S/C3H4Cl3NO3/c4-3(5,6)2(8)1-7(9)10/h2,8H,1H2/t2-/m0/s1. The molecule has 0 aromatic carbocycles. The van der Waals surface area contributed by atoms with E-state index in [1.165, 1.54) is 0 Å². The predicted molar refractivity (Wildman–Crippen MR) is 38.2 cm³/mol. The van der Waals surface area contributed by atoms with Crippen LogP contribution in [0, 0.1) is 10.1 Å². The Morgan fingerprint density at radius 1 is 1.60 bits per heavy atom. The molecule has 0 aromatic rings. The normalized spacial score (nSPS) is 14.8. The molecule has 1 N–H and O–H groups in total. The summed E-state index contributed by atoms with van der Waals surface area (Å²) in [6.45, 7) is -0.767. The maximum atomic E-state index is 9.73. The highest BCUT2D eigenvalue weighted by Crippen LogP contribution is 2.29. The average Bonchev–Trinajstić information content (AvgIpc) is 1.60. The summed E-state index contributed by atoms with van der Waals surface area (Å²) in [6, 6.07) is 0. The van der Waals surface area contributed by atoms with E-state index in [4.69, 9.17) is 39.9 Å². The second-order valence-corrected chi connectivity index (χ2v) is 3.94. The van der Waals surface area contributed by atoms with Gasteiger partial charge in [-0.05, 0) is 0 Å². The first-order chi connectivity index (χ1) is 4.34. The molecule has 0 aromatic heterocycles. The van der Waals surface area contributed by atoms with Crippen molar-refractivity contribution in [3.63, 3.8) is 0 Å². The van der Waals surface area contributed by atoms with Crippen LogP contribution < -0.4 is 0 Å². The summed E-state index contributed by atoms with van der Waals surface area (Å²) < 4.78 is -1.98. The quantitative estimate of drug-likeness (QED) is 0.418. The molecule has 0 spiro atoms. The molecule has 7 heteroatoms. The highest BCUT2D eigenvalue weighted by atomic mass is 35.6. The Balaban J connectivity index is 3.85. The summed E-state index contributed by atoms with van der Waals surface area (Å²) in [4.78, 5) is 8.97. The van der Waals surface area contributed by atoms with Crippen molar-refractivity contribution < 1.29 is 10.0 Å². The van der Waals surface area contributed by atoms with E-state index in [1.54, 1.807) is 0 Å². The largest absolute Gasteiger partial charge is 0.382 e. The first kappa shape index (κ1) is 10.2. The van der Waals surface area contributed by atoms with Gasteiger partial charge < -0.3 is 5.11 Å². The van der Waals surface area contributed by atoms with E-state index in [0.29, 0.717) is 0 Å². The Kier molecular flexibility index (Phi) is 3.65. The average molecular weight is 208 g/mol. The minimum atomic E-state index is -1.98. The van der Waals surface area contributed by atoms with E-state index in [-0.39, 0.29) is 0 Å². The van der Waals surface area contributed by atoms with Gasteiger partial charge in [0.05, 0.1) is 0 Å². The molecule has 0 saturated heterocycles. The highest BCUT2D eigenvalue weighted by molar-refractivity contribution is 6.68. The van der Waals surface area contributed by atoms with Crippen molar-refractivity contribution in [1.82, 2.24) is 0 Å². The molecule has 0 aliphatic rings. The van der Waals surface area contributed by atoms with E-state index in [0.717, 1.165) is 0 Å². The van der Waals surface area contributed by atoms with Crippen LogP contribution in [-0.2, 0) is 0 Å². The molecular weight excluding hydrogens is 204 g/mol. The van der Waals surface area contributed by atoms with Crippen molar-refractivity contribution in [2.24, 2.45) is 0 Å². The summed E-state index contributed by atoms with van der Waals surface area (Å²) in [6.07, 6.45) is -1.56. The number of nitrogens with zero attached hydrogens (tertiary/aromatic N) is 1. The minimum Gasteiger partial charge on any atom is -0.382 e. The zero-order chi connectivity index (χ0) is 8.36. The fourth-order valence-electron chi connectivity index (χ4n) is 0.245. The monoisotopic (exact) mass is 207 g/mol. The highest BCUT2D eigenvalue weighted by Gasteiger charge is 2.34. The molecule has 10 heavy (non-hydrogen) atoms. The third kappa shape index (κ3) is 4.11. The van der Waals surface area contributed by atoms with Crippen LogP contribution in [0.25, 0.3) is 0 Å². The number of rotatable bonds is 2. The van der Waals surface area contributed by atoms with Gasteiger partial charge in [0.25, 0.3) is 0 Å². The lowest BCUT2D eigenvalue weighted by Crippen LogP contribution is -2.32. The molecule has 0 aliphatic carbocycles. The van der Waals surface area contributed by atoms with Crippen molar-refractivity contribution >= 4 is 34.8 Å². The summed E-state index contributed by atoms with van der Waals surface area (Å²) in [5.41, 5.74) is 0. The van der Waals surface area contributed by atoms with Crippen LogP contribution >= 0.6 is 34.8 Å². The van der Waals surface area contributed by atoms with Crippen molar-refractivity contribution in [2.75, 3.05) is 6.54 Å². The number of halogens is 3. The maximum Gasteiger partial charge on any atom is 0.233 e. The number of nitro groups is 1. The second-order valence-electron chi connectivity index (χ2n) is 1.57. The molecule has 4 nitrogen and oxygen atoms in total. The van der Waals surface area contributed by atoms with Gasteiger partial charge in [-0.1, -0.05) is 34.8 Å². The molecule has 1 atom stereocenters. The van der Waals surface area contributed by atoms with Gasteiger partial charge in [0.15, 0.2) is 6.10 Å². The van der Waals surface area contributed by atoms with Gasteiger partial charge in [0.1, 0.15) is 0 Å². The first-order valence-corrected chi connectivity index (χ1v) is 3.34. The molecule has 0 aliphatic heterocycles. The number of hydrogen-bond acceptors (Lipinski definition) is 3. The lowest BCUT2D eigenvalue weighted by molar-refractivity contribution is -0.490. The Morgan fingerprint density at radius 3 is 2.10 bits per heavy atom. The van der Waals surface area contributed by atoms with E-state index in [1.807, 2.05) is 0 Å². The summed E-state index contributed by atoms with van der Waals surface area (Å²) in [7, 11) is 0. The van der Waals surface area contributed by atoms with Gasteiger partial charge in [-0.25, -0.2) is 0 Å². The number of aliphatic hydroxyl groups is 1. The lowest BCUT2D eigenvalue weighted by Gasteiger charge is -2.13. The van der Waals surface area contributed by atoms with E-state index >= 15 is 0 Å². The third-order valence-electron chi connectivity index (χ3n) is 0.700. The SMILES string of the molecule is O=[N+]([O-])C[C@H](O)C(Cl)(Cl)Cl. The zero-order valence-electron chi connectivity index (χ0n) is 4.63. The van der Waals surface area contributed by atoms with Gasteiger partial charge in [0, 0.05) is 4.92 Å². The second kappa shape index (κ2) is 3.57. The van der Waals surface area contributed by atoms with Crippen LogP contribution in [0.3, 0.4) is 0 Å². The van der Waals surface area contributed by atoms with Gasteiger partial charge in [-0.2, -0.15) is 0 Å². The fraction of sp³-hybridized carbons (Fsp3) is 1.00. The first-order valence-electron chi connectivity index (χ1n) is 2.20. The molecule has 0 fully saturated rings. The maximum absolute atomic E-state index is 9.73. The number of hydrogen-bond donors (Lipinski definition) is 1. The van der Waals surface area contributed by atoms with E-state index in [9.17, 15) is 10.1 Å². The van der Waals surface area contributed by atoms with Crippen molar-refractivity contribution in [1.29, 1.82) is 0 Å². The smallest absolute Gasteiger partial charge is 0.233 e. The predicted octanol–water partition coefficient (Wildman–Crippen LogP) is 0.994. The van der Waals surface area contributed by atoms with Crippen molar-refractivity contribution in [3.05, 3.63) is 10.1 Å². The molecule has 0 rings (SSSR count). The molecule has 0 saturated carbocycles. The molecule has 0 unspecified atom stereocenters. The zero-order valence-corrected chi connectivity index (χ0v) is 6.90. The Morgan fingerprint density at radius 2 is 2.00 bits per heavy atom. The van der Waals surface area contributed by atoms with Crippen LogP contribution in [0.1, 0.15) is 0 Å². The Labute approximate surface area is 71.8 Å². The van der Waals surface area contributed by atoms with E-state index in [2.05, 4.69) is 0 Å². The van der Waals surface area contributed by atoms with Crippen LogP contribution in [0.5, 0.6) is 0 Å². The van der Waals surface area contributed by atoms with Crippen molar-refractivity contribution in [2.45, 2.75) is 9.90 Å². The van der Waals surface area contributed by atoms with Gasteiger partial charge in [0.2, 0.25) is 10.3 Å². The molecule has 60 valence electrons.